The van der Waals surface area contributed by atoms with Crippen LogP contribution in [-0.4, -0.2) is 85.0 Å². The van der Waals surface area contributed by atoms with Gasteiger partial charge in [-0.2, -0.15) is 4.80 Å². The number of hydrogen-bond acceptors (Lipinski definition) is 9. The molecule has 1 saturated heterocycles. The van der Waals surface area contributed by atoms with Crippen LogP contribution in [0, 0.1) is 0 Å². The first-order valence-corrected chi connectivity index (χ1v) is 12.9. The number of carbonyl (C=O) groups is 2. The first-order chi connectivity index (χ1) is 19.5. The Morgan fingerprint density at radius 1 is 1.00 bits per heavy atom. The average molecular weight is 538 g/mol. The van der Waals surface area contributed by atoms with Gasteiger partial charge in [0.1, 0.15) is 11.2 Å². The van der Waals surface area contributed by atoms with Gasteiger partial charge in [-0.15, -0.1) is 10.2 Å². The monoisotopic (exact) mass is 537 g/mol. The van der Waals surface area contributed by atoms with Crippen LogP contribution in [0.4, 0.5) is 0 Å². The number of amides is 2. The first-order valence-electron chi connectivity index (χ1n) is 12.9. The fourth-order valence-electron chi connectivity index (χ4n) is 4.93. The van der Waals surface area contributed by atoms with E-state index in [9.17, 15) is 9.59 Å². The van der Waals surface area contributed by atoms with Crippen molar-refractivity contribution in [2.75, 3.05) is 33.2 Å². The number of aromatic nitrogens is 6. The number of pyridine rings is 1. The fraction of sp³-hybridized carbons (Fsp3) is 0.250. The van der Waals surface area contributed by atoms with Gasteiger partial charge in [-0.25, -0.2) is 4.98 Å². The SMILES string of the molecule is CNC(=O)c1ccc2oc(-c3ccnc(C(=O)N4CCN(C(c5ccccc5)c5nnn(C)n5)CC4)c3)nc2c1. The number of piperazine rings is 1. The molecule has 0 aliphatic carbocycles. The zero-order valence-corrected chi connectivity index (χ0v) is 22.1. The van der Waals surface area contributed by atoms with Crippen LogP contribution in [0.1, 0.15) is 38.3 Å². The number of rotatable bonds is 6. The summed E-state index contributed by atoms with van der Waals surface area (Å²) < 4.78 is 5.91. The van der Waals surface area contributed by atoms with E-state index in [2.05, 4.69) is 47.7 Å². The third-order valence-corrected chi connectivity index (χ3v) is 6.95. The van der Waals surface area contributed by atoms with Crippen molar-refractivity contribution in [3.05, 3.63) is 89.5 Å². The van der Waals surface area contributed by atoms with Gasteiger partial charge < -0.3 is 14.6 Å². The molecule has 0 spiro atoms. The lowest BCUT2D eigenvalue weighted by atomic mass is 10.0. The molecule has 1 fully saturated rings. The van der Waals surface area contributed by atoms with Crippen molar-refractivity contribution in [2.45, 2.75) is 6.04 Å². The Bertz CT molecular complexity index is 1670. The van der Waals surface area contributed by atoms with Gasteiger partial charge in [0, 0.05) is 50.6 Å². The predicted molar refractivity (Wildman–Crippen MR) is 145 cm³/mol. The molecule has 12 nitrogen and oxygen atoms in total. The van der Waals surface area contributed by atoms with E-state index in [1.165, 1.54) is 4.80 Å². The highest BCUT2D eigenvalue weighted by molar-refractivity contribution is 5.97. The number of aryl methyl sites for hydroxylation is 1. The van der Waals surface area contributed by atoms with E-state index >= 15 is 0 Å². The molecular formula is C28H27N9O3. The second kappa shape index (κ2) is 10.7. The van der Waals surface area contributed by atoms with Gasteiger partial charge in [0.15, 0.2) is 11.4 Å². The van der Waals surface area contributed by atoms with Gasteiger partial charge in [0.05, 0.1) is 13.1 Å². The van der Waals surface area contributed by atoms with Gasteiger partial charge in [0.2, 0.25) is 5.89 Å². The second-order valence-corrected chi connectivity index (χ2v) is 9.49. The van der Waals surface area contributed by atoms with E-state index in [-0.39, 0.29) is 17.9 Å². The van der Waals surface area contributed by atoms with Crippen LogP contribution in [-0.2, 0) is 7.05 Å². The summed E-state index contributed by atoms with van der Waals surface area (Å²) in [4.78, 5) is 39.8. The molecule has 40 heavy (non-hydrogen) atoms. The summed E-state index contributed by atoms with van der Waals surface area (Å²) in [6.07, 6.45) is 1.58. The molecule has 6 rings (SSSR count). The minimum Gasteiger partial charge on any atom is -0.436 e. The Hall–Kier alpha value is -4.97. The summed E-state index contributed by atoms with van der Waals surface area (Å²) >= 11 is 0. The molecule has 0 saturated carbocycles. The quantitative estimate of drug-likeness (QED) is 0.346. The zero-order valence-electron chi connectivity index (χ0n) is 22.1. The molecule has 0 bridgehead atoms. The molecule has 2 aromatic carbocycles. The van der Waals surface area contributed by atoms with Gasteiger partial charge >= 0.3 is 0 Å². The summed E-state index contributed by atoms with van der Waals surface area (Å²) in [7, 11) is 3.33. The fourth-order valence-corrected chi connectivity index (χ4v) is 4.93. The molecular weight excluding hydrogens is 510 g/mol. The zero-order chi connectivity index (χ0) is 27.6. The van der Waals surface area contributed by atoms with Crippen molar-refractivity contribution in [1.29, 1.82) is 0 Å². The molecule has 1 aliphatic heterocycles. The smallest absolute Gasteiger partial charge is 0.272 e. The Balaban J connectivity index is 1.18. The van der Waals surface area contributed by atoms with Gasteiger partial charge in [-0.05, 0) is 41.1 Å². The highest BCUT2D eigenvalue weighted by Crippen LogP contribution is 2.28. The topological polar surface area (TPSA) is 135 Å². The Morgan fingerprint density at radius 2 is 1.80 bits per heavy atom. The number of hydrogen-bond donors (Lipinski definition) is 1. The average Bonchev–Trinajstić information content (AvgIpc) is 3.63. The molecule has 1 atom stereocenters. The maximum atomic E-state index is 13.4. The molecule has 1 unspecified atom stereocenters. The molecule has 12 heteroatoms. The van der Waals surface area contributed by atoms with Crippen LogP contribution in [0.3, 0.4) is 0 Å². The van der Waals surface area contributed by atoms with E-state index in [0.29, 0.717) is 65.8 Å². The molecule has 5 aromatic rings. The van der Waals surface area contributed by atoms with Crippen molar-refractivity contribution < 1.29 is 14.0 Å². The molecule has 2 amide bonds. The van der Waals surface area contributed by atoms with Crippen molar-refractivity contribution >= 4 is 22.9 Å². The van der Waals surface area contributed by atoms with E-state index in [4.69, 9.17) is 4.42 Å². The molecule has 3 aromatic heterocycles. The second-order valence-electron chi connectivity index (χ2n) is 9.49. The summed E-state index contributed by atoms with van der Waals surface area (Å²) in [5.74, 6) is 0.621. The molecule has 4 heterocycles. The minimum absolute atomic E-state index is 0.156. The third-order valence-electron chi connectivity index (χ3n) is 6.95. The summed E-state index contributed by atoms with van der Waals surface area (Å²) in [6, 6.07) is 18.4. The van der Waals surface area contributed by atoms with E-state index in [1.807, 2.05) is 18.2 Å². The third kappa shape index (κ3) is 4.92. The lowest BCUT2D eigenvalue weighted by molar-refractivity contribution is 0.0586. The Morgan fingerprint density at radius 3 is 2.52 bits per heavy atom. The Labute approximate surface area is 229 Å². The summed E-state index contributed by atoms with van der Waals surface area (Å²) in [5, 5.41) is 15.4. The number of nitrogens with one attached hydrogen (secondary N) is 1. The highest BCUT2D eigenvalue weighted by Gasteiger charge is 2.31. The first kappa shape index (κ1) is 25.3. The Kier molecular flexibility index (Phi) is 6.74. The molecule has 0 radical (unpaired) electrons. The maximum absolute atomic E-state index is 13.4. The lowest BCUT2D eigenvalue weighted by Crippen LogP contribution is -2.50. The van der Waals surface area contributed by atoms with Crippen LogP contribution in [0.2, 0.25) is 0 Å². The van der Waals surface area contributed by atoms with Crippen LogP contribution < -0.4 is 5.32 Å². The van der Waals surface area contributed by atoms with Gasteiger partial charge in [-0.3, -0.25) is 19.5 Å². The van der Waals surface area contributed by atoms with Crippen LogP contribution >= 0.6 is 0 Å². The maximum Gasteiger partial charge on any atom is 0.272 e. The van der Waals surface area contributed by atoms with Crippen molar-refractivity contribution in [3.63, 3.8) is 0 Å². The normalized spacial score (nSPS) is 14.8. The van der Waals surface area contributed by atoms with Gasteiger partial charge in [-0.1, -0.05) is 30.3 Å². The number of nitrogens with zero attached hydrogens (tertiary/aromatic N) is 8. The van der Waals surface area contributed by atoms with E-state index < -0.39 is 0 Å². The largest absolute Gasteiger partial charge is 0.436 e. The van der Waals surface area contributed by atoms with Crippen molar-refractivity contribution in [1.82, 2.24) is 45.3 Å². The number of benzene rings is 2. The molecule has 1 aliphatic rings. The lowest BCUT2D eigenvalue weighted by Gasteiger charge is -2.38. The van der Waals surface area contributed by atoms with Gasteiger partial charge in [0.25, 0.3) is 11.8 Å². The van der Waals surface area contributed by atoms with E-state index in [1.54, 1.807) is 55.5 Å². The standard InChI is InChI=1S/C28H27N9O3/c1-29-26(38)19-8-9-23-21(16-19)31-27(40-23)20-10-11-30-22(17-20)28(39)37-14-12-36(13-15-37)24(18-6-4-3-5-7-18)25-32-34-35(2)33-25/h3-11,16-17,24H,12-15H2,1-2H3,(H,29,38). The van der Waals surface area contributed by atoms with Crippen LogP contribution in [0.15, 0.2) is 71.3 Å². The molecule has 1 N–H and O–H groups in total. The number of carbonyl (C=O) groups excluding carboxylic acids is 2. The minimum atomic E-state index is -0.202. The van der Waals surface area contributed by atoms with Crippen molar-refractivity contribution in [3.8, 4) is 11.5 Å². The molecule has 202 valence electrons. The van der Waals surface area contributed by atoms with Crippen LogP contribution in [0.25, 0.3) is 22.6 Å². The number of fused-ring (bicyclic) bond motifs is 1. The summed E-state index contributed by atoms with van der Waals surface area (Å²) in [6.45, 7) is 2.34. The van der Waals surface area contributed by atoms with E-state index in [0.717, 1.165) is 5.56 Å². The summed E-state index contributed by atoms with van der Waals surface area (Å²) in [5.41, 5.74) is 3.62. The number of tetrazole rings is 1. The van der Waals surface area contributed by atoms with Crippen molar-refractivity contribution in [2.24, 2.45) is 7.05 Å². The predicted octanol–water partition coefficient (Wildman–Crippen LogP) is 2.32. The highest BCUT2D eigenvalue weighted by atomic mass is 16.3. The number of oxazole rings is 1. The van der Waals surface area contributed by atoms with Crippen LogP contribution in [0.5, 0.6) is 0 Å².